The molecule has 1 aromatic carbocycles. The van der Waals surface area contributed by atoms with E-state index in [1.165, 1.54) is 4.90 Å². The van der Waals surface area contributed by atoms with Gasteiger partial charge >= 0.3 is 12.4 Å². The molecule has 3 nitrogen and oxygen atoms in total. The molecule has 1 aliphatic rings. The summed E-state index contributed by atoms with van der Waals surface area (Å²) in [6.45, 7) is 3.66. The van der Waals surface area contributed by atoms with E-state index in [-0.39, 0.29) is 29.5 Å². The van der Waals surface area contributed by atoms with E-state index in [0.29, 0.717) is 31.5 Å². The lowest BCUT2D eigenvalue weighted by molar-refractivity contribution is -0.376. The lowest BCUT2D eigenvalue weighted by atomic mass is 9.89. The molecule has 0 unspecified atom stereocenters. The summed E-state index contributed by atoms with van der Waals surface area (Å²) in [6.07, 6.45) is -10.6. The smallest absolute Gasteiger partial charge is 0.369 e. The van der Waals surface area contributed by atoms with E-state index in [4.69, 9.17) is 0 Å². The summed E-state index contributed by atoms with van der Waals surface area (Å²) in [4.78, 5) is 13.7. The molecule has 26 heavy (non-hydrogen) atoms. The number of aliphatic hydroxyl groups is 1. The van der Waals surface area contributed by atoms with Crippen LogP contribution in [-0.2, 0) is 16.8 Å². The molecule has 0 radical (unpaired) electrons. The first-order valence-electron chi connectivity index (χ1n) is 8.11. The molecule has 1 heterocycles. The van der Waals surface area contributed by atoms with Crippen LogP contribution in [0.1, 0.15) is 37.8 Å². The molecule has 1 amide bonds. The van der Waals surface area contributed by atoms with Gasteiger partial charge in [0.05, 0.1) is 0 Å². The maximum Gasteiger partial charge on any atom is 0.430 e. The van der Waals surface area contributed by atoms with Gasteiger partial charge in [-0.05, 0) is 30.9 Å². The number of nitrogens with zero attached hydrogens (tertiary/aromatic N) is 1. The minimum absolute atomic E-state index is 0.181. The predicted molar refractivity (Wildman–Crippen MR) is 82.6 cm³/mol. The molecular weight excluding hydrogens is 364 g/mol. The molecule has 0 saturated heterocycles. The Morgan fingerprint density at radius 3 is 2.15 bits per heavy atom. The van der Waals surface area contributed by atoms with Crippen molar-refractivity contribution in [3.63, 3.8) is 0 Å². The molecule has 1 N–H and O–H groups in total. The van der Waals surface area contributed by atoms with Gasteiger partial charge in [-0.25, -0.2) is 0 Å². The fraction of sp³-hybridized carbons (Fsp3) is 0.588. The van der Waals surface area contributed by atoms with E-state index in [0.717, 1.165) is 6.07 Å². The van der Waals surface area contributed by atoms with Crippen LogP contribution in [0.25, 0.3) is 0 Å². The number of carbonyl (C=O) groups excluding carboxylic acids is 1. The number of rotatable bonds is 2. The number of fused-ring (bicyclic) bond motifs is 1. The number of amides is 1. The maximum atomic E-state index is 13.1. The predicted octanol–water partition coefficient (Wildman–Crippen LogP) is 4.32. The lowest BCUT2D eigenvalue weighted by Gasteiger charge is -2.33. The highest BCUT2D eigenvalue weighted by atomic mass is 19.4. The summed E-state index contributed by atoms with van der Waals surface area (Å²) in [5.41, 5.74) is -5.79. The van der Waals surface area contributed by atoms with E-state index >= 15 is 0 Å². The van der Waals surface area contributed by atoms with Gasteiger partial charge < -0.3 is 10.0 Å². The molecule has 0 fully saturated rings. The zero-order valence-corrected chi connectivity index (χ0v) is 14.2. The second-order valence-electron chi connectivity index (χ2n) is 6.65. The van der Waals surface area contributed by atoms with Gasteiger partial charge in [0.15, 0.2) is 0 Å². The van der Waals surface area contributed by atoms with Gasteiger partial charge in [0.2, 0.25) is 5.91 Å². The Morgan fingerprint density at radius 2 is 1.65 bits per heavy atom. The zero-order chi connectivity index (χ0) is 19.9. The molecule has 0 aromatic heterocycles. The topological polar surface area (TPSA) is 40.5 Å². The molecule has 1 aliphatic heterocycles. The molecule has 146 valence electrons. The first kappa shape index (κ1) is 20.5. The molecule has 1 aromatic rings. The van der Waals surface area contributed by atoms with Gasteiger partial charge in [-0.15, -0.1) is 0 Å². The summed E-state index contributed by atoms with van der Waals surface area (Å²) in [7, 11) is 0. The fourth-order valence-electron chi connectivity index (χ4n) is 3.01. The minimum Gasteiger partial charge on any atom is -0.369 e. The van der Waals surface area contributed by atoms with E-state index in [9.17, 15) is 36.2 Å². The van der Waals surface area contributed by atoms with Crippen molar-refractivity contribution in [2.75, 3.05) is 11.4 Å². The van der Waals surface area contributed by atoms with Gasteiger partial charge in [0.25, 0.3) is 5.60 Å². The molecule has 2 rings (SSSR count). The minimum atomic E-state index is -5.93. The molecule has 0 bridgehead atoms. The second-order valence-corrected chi connectivity index (χ2v) is 6.65. The third-order valence-electron chi connectivity index (χ3n) is 4.45. The first-order chi connectivity index (χ1) is 11.8. The molecule has 0 spiro atoms. The maximum absolute atomic E-state index is 13.1. The average molecular weight is 383 g/mol. The zero-order valence-electron chi connectivity index (χ0n) is 14.2. The standard InChI is InChI=1S/C17H19F6NO2/c1-10(2)14(25)24-8-4-3-5-11-9-12(6-7-13(11)24)15(26,16(18,19)20)17(21,22)23/h6-7,9-10,26H,3-5,8H2,1-2H3. The number of hydrogen-bond acceptors (Lipinski definition) is 2. The van der Waals surface area contributed by atoms with Gasteiger partial charge in [0, 0.05) is 23.7 Å². The SMILES string of the molecule is CC(C)C(=O)N1CCCCc2cc(C(O)(C(F)(F)F)C(F)(F)F)ccc21. The van der Waals surface area contributed by atoms with Crippen molar-refractivity contribution in [1.29, 1.82) is 0 Å². The average Bonchev–Trinajstić information content (AvgIpc) is 2.72. The number of carbonyl (C=O) groups is 1. The molecule has 0 aliphatic carbocycles. The van der Waals surface area contributed by atoms with Crippen LogP contribution in [-0.4, -0.2) is 29.9 Å². The fourth-order valence-corrected chi connectivity index (χ4v) is 3.01. The Morgan fingerprint density at radius 1 is 1.08 bits per heavy atom. The normalized spacial score (nSPS) is 16.5. The Hall–Kier alpha value is -1.77. The van der Waals surface area contributed by atoms with Crippen molar-refractivity contribution < 1.29 is 36.2 Å². The third-order valence-corrected chi connectivity index (χ3v) is 4.45. The monoisotopic (exact) mass is 383 g/mol. The van der Waals surface area contributed by atoms with Gasteiger partial charge in [0.1, 0.15) is 0 Å². The summed E-state index contributed by atoms with van der Waals surface area (Å²) in [6, 6.07) is 2.35. The largest absolute Gasteiger partial charge is 0.430 e. The van der Waals surface area contributed by atoms with Crippen molar-refractivity contribution in [3.05, 3.63) is 29.3 Å². The van der Waals surface area contributed by atoms with Crippen molar-refractivity contribution in [2.45, 2.75) is 51.1 Å². The van der Waals surface area contributed by atoms with Crippen LogP contribution >= 0.6 is 0 Å². The number of benzene rings is 1. The van der Waals surface area contributed by atoms with E-state index < -0.39 is 23.5 Å². The number of aryl methyl sites for hydroxylation is 1. The Bertz CT molecular complexity index is 667. The van der Waals surface area contributed by atoms with Crippen LogP contribution in [0.15, 0.2) is 18.2 Å². The van der Waals surface area contributed by atoms with Gasteiger partial charge in [-0.2, -0.15) is 26.3 Å². The molecule has 0 saturated carbocycles. The van der Waals surface area contributed by atoms with Crippen molar-refractivity contribution in [2.24, 2.45) is 5.92 Å². The van der Waals surface area contributed by atoms with Crippen molar-refractivity contribution in [1.82, 2.24) is 0 Å². The molecule has 9 heteroatoms. The summed E-state index contributed by atoms with van der Waals surface area (Å²) < 4.78 is 78.4. The highest BCUT2D eigenvalue weighted by Crippen LogP contribution is 2.50. The van der Waals surface area contributed by atoms with Crippen LogP contribution in [0.3, 0.4) is 0 Å². The number of anilines is 1. The van der Waals surface area contributed by atoms with Gasteiger partial charge in [-0.3, -0.25) is 4.79 Å². The van der Waals surface area contributed by atoms with E-state index in [2.05, 4.69) is 0 Å². The quantitative estimate of drug-likeness (QED) is 0.773. The van der Waals surface area contributed by atoms with E-state index in [1.807, 2.05) is 0 Å². The second kappa shape index (κ2) is 6.75. The summed E-state index contributed by atoms with van der Waals surface area (Å²) in [5.74, 6) is -0.634. The first-order valence-corrected chi connectivity index (χ1v) is 8.11. The Kier molecular flexibility index (Phi) is 5.34. The van der Waals surface area contributed by atoms with Crippen LogP contribution in [0, 0.1) is 5.92 Å². The highest BCUT2D eigenvalue weighted by molar-refractivity contribution is 5.95. The van der Waals surface area contributed by atoms with Crippen molar-refractivity contribution >= 4 is 11.6 Å². The summed E-state index contributed by atoms with van der Waals surface area (Å²) in [5, 5.41) is 9.56. The number of hydrogen-bond donors (Lipinski definition) is 1. The molecule has 0 atom stereocenters. The third kappa shape index (κ3) is 3.41. The Balaban J connectivity index is 2.60. The summed E-state index contributed by atoms with van der Waals surface area (Å²) >= 11 is 0. The lowest BCUT2D eigenvalue weighted by Crippen LogP contribution is -2.54. The van der Waals surface area contributed by atoms with Crippen LogP contribution in [0.2, 0.25) is 0 Å². The van der Waals surface area contributed by atoms with Crippen LogP contribution in [0.5, 0.6) is 0 Å². The van der Waals surface area contributed by atoms with Crippen molar-refractivity contribution in [3.8, 4) is 0 Å². The number of alkyl halides is 6. The highest BCUT2D eigenvalue weighted by Gasteiger charge is 2.71. The van der Waals surface area contributed by atoms with Crippen LogP contribution in [0.4, 0.5) is 32.0 Å². The van der Waals surface area contributed by atoms with Gasteiger partial charge in [-0.1, -0.05) is 26.0 Å². The Labute approximate surface area is 146 Å². The van der Waals surface area contributed by atoms with E-state index in [1.54, 1.807) is 13.8 Å². The number of halogens is 6. The molecular formula is C17H19F6NO2. The van der Waals surface area contributed by atoms with Crippen LogP contribution < -0.4 is 4.90 Å².